The molecule has 0 spiro atoms. The summed E-state index contributed by atoms with van der Waals surface area (Å²) in [4.78, 5) is 40.0. The Morgan fingerprint density at radius 3 is 2.42 bits per heavy atom. The number of halogens is 3. The molecule has 31 heavy (non-hydrogen) atoms. The monoisotopic (exact) mass is 447 g/mol. The molecule has 2 aliphatic heterocycles. The number of amides is 2. The number of hydrogen-bond donors (Lipinski definition) is 1. The van der Waals surface area contributed by atoms with Crippen LogP contribution in [0.15, 0.2) is 12.3 Å². The summed E-state index contributed by atoms with van der Waals surface area (Å²) >= 11 is 0. The van der Waals surface area contributed by atoms with Gasteiger partial charge in [-0.15, -0.1) is 0 Å². The van der Waals surface area contributed by atoms with Gasteiger partial charge in [-0.1, -0.05) is 0 Å². The lowest BCUT2D eigenvalue weighted by molar-refractivity contribution is -0.192. The molecule has 1 aromatic heterocycles. The third-order valence-corrected chi connectivity index (χ3v) is 5.34. The van der Waals surface area contributed by atoms with E-state index in [2.05, 4.69) is 10.00 Å². The van der Waals surface area contributed by atoms with E-state index in [0.717, 1.165) is 38.2 Å². The van der Waals surface area contributed by atoms with Crippen molar-refractivity contribution in [2.45, 2.75) is 43.9 Å². The van der Waals surface area contributed by atoms with Crippen LogP contribution in [0.1, 0.15) is 25.0 Å². The number of piperidine rings is 1. The van der Waals surface area contributed by atoms with Crippen LogP contribution in [0, 0.1) is 0 Å². The Bertz CT molecular complexity index is 796. The molecule has 0 aliphatic carbocycles. The number of rotatable bonds is 5. The molecule has 2 atom stereocenters. The molecule has 2 saturated heterocycles. The predicted octanol–water partition coefficient (Wildman–Crippen LogP) is 0.749. The number of carboxylic acids is 1. The van der Waals surface area contributed by atoms with Crippen LogP contribution in [-0.2, 0) is 27.9 Å². The molecular weight excluding hydrogens is 419 g/mol. The van der Waals surface area contributed by atoms with E-state index < -0.39 is 12.1 Å². The van der Waals surface area contributed by atoms with Crippen molar-refractivity contribution < 1.29 is 32.7 Å². The van der Waals surface area contributed by atoms with Crippen LogP contribution in [0.5, 0.6) is 0 Å². The molecule has 9 nitrogen and oxygen atoms in total. The van der Waals surface area contributed by atoms with Crippen LogP contribution in [0.25, 0.3) is 0 Å². The van der Waals surface area contributed by atoms with Crippen molar-refractivity contribution in [1.29, 1.82) is 0 Å². The number of aryl methyl sites for hydroxylation is 1. The lowest BCUT2D eigenvalue weighted by Gasteiger charge is -2.40. The maximum absolute atomic E-state index is 12.7. The van der Waals surface area contributed by atoms with Gasteiger partial charge < -0.3 is 19.8 Å². The van der Waals surface area contributed by atoms with Crippen molar-refractivity contribution >= 4 is 17.8 Å². The molecule has 3 rings (SSSR count). The molecule has 0 radical (unpaired) electrons. The van der Waals surface area contributed by atoms with Crippen LogP contribution in [0.2, 0.25) is 0 Å². The van der Waals surface area contributed by atoms with E-state index in [-0.39, 0.29) is 23.9 Å². The van der Waals surface area contributed by atoms with E-state index in [1.54, 1.807) is 4.68 Å². The first-order valence-corrected chi connectivity index (χ1v) is 9.92. The summed E-state index contributed by atoms with van der Waals surface area (Å²) in [5.74, 6) is -2.40. The third-order valence-electron chi connectivity index (χ3n) is 5.34. The van der Waals surface area contributed by atoms with Crippen molar-refractivity contribution in [3.8, 4) is 0 Å². The fraction of sp³-hybridized carbons (Fsp3) is 0.684. The molecule has 0 bridgehead atoms. The normalized spacial score (nSPS) is 21.1. The van der Waals surface area contributed by atoms with Gasteiger partial charge in [0.15, 0.2) is 0 Å². The molecule has 1 aromatic rings. The van der Waals surface area contributed by atoms with Gasteiger partial charge >= 0.3 is 12.1 Å². The van der Waals surface area contributed by atoms with Gasteiger partial charge in [-0.2, -0.15) is 18.3 Å². The second kappa shape index (κ2) is 10.1. The third kappa shape index (κ3) is 6.68. The van der Waals surface area contributed by atoms with Crippen LogP contribution in [0.4, 0.5) is 13.2 Å². The first kappa shape index (κ1) is 24.6. The highest BCUT2D eigenvalue weighted by atomic mass is 19.4. The summed E-state index contributed by atoms with van der Waals surface area (Å²) in [5, 5.41) is 11.4. The molecule has 3 heterocycles. The fourth-order valence-electron chi connectivity index (χ4n) is 3.87. The van der Waals surface area contributed by atoms with Crippen molar-refractivity contribution in [3.63, 3.8) is 0 Å². The number of aliphatic carboxylic acids is 1. The Hall–Kier alpha value is -2.63. The highest BCUT2D eigenvalue weighted by molar-refractivity contribution is 5.81. The van der Waals surface area contributed by atoms with Gasteiger partial charge in [0.2, 0.25) is 11.8 Å². The first-order valence-electron chi connectivity index (χ1n) is 9.92. The number of carbonyl (C=O) groups excluding carboxylic acids is 2. The summed E-state index contributed by atoms with van der Waals surface area (Å²) in [6.45, 7) is 2.35. The molecule has 0 aromatic carbocycles. The lowest BCUT2D eigenvalue weighted by Crippen LogP contribution is -2.54. The largest absolute Gasteiger partial charge is 0.490 e. The second-order valence-electron chi connectivity index (χ2n) is 7.90. The molecule has 2 amide bonds. The standard InChI is InChI=1S/C17H27N5O2.C2HF3O2/c1-19(2)10-11-22-15-7-9-21(14(15)4-5-16(22)23)17(24)12-13-6-8-20(3)18-13;3-2(4,5)1(6)7/h6,8,14-15H,4-5,7,9-12H2,1-3H3;(H,6,7)/t14-,15-;/m1./s1. The lowest BCUT2D eigenvalue weighted by atomic mass is 9.96. The number of carboxylic acid groups (broad SMARTS) is 1. The number of alkyl halides is 3. The number of fused-ring (bicyclic) bond motifs is 1. The van der Waals surface area contributed by atoms with Crippen molar-refractivity contribution in [2.75, 3.05) is 33.7 Å². The maximum Gasteiger partial charge on any atom is 0.490 e. The van der Waals surface area contributed by atoms with Crippen LogP contribution in [0.3, 0.4) is 0 Å². The number of likely N-dealkylation sites (tertiary alicyclic amines) is 2. The van der Waals surface area contributed by atoms with Crippen LogP contribution < -0.4 is 0 Å². The Kier molecular flexibility index (Phi) is 8.04. The average Bonchev–Trinajstić information content (AvgIpc) is 3.26. The Morgan fingerprint density at radius 1 is 1.26 bits per heavy atom. The molecule has 174 valence electrons. The zero-order valence-electron chi connectivity index (χ0n) is 17.8. The smallest absolute Gasteiger partial charge is 0.475 e. The number of aromatic nitrogens is 2. The van der Waals surface area contributed by atoms with E-state index in [0.29, 0.717) is 12.8 Å². The Balaban J connectivity index is 0.000000423. The highest BCUT2D eigenvalue weighted by Gasteiger charge is 2.44. The van der Waals surface area contributed by atoms with Gasteiger partial charge in [0.1, 0.15) is 0 Å². The van der Waals surface area contributed by atoms with E-state index in [4.69, 9.17) is 9.90 Å². The van der Waals surface area contributed by atoms with Crippen LogP contribution in [-0.4, -0.2) is 99.4 Å². The van der Waals surface area contributed by atoms with Crippen molar-refractivity contribution in [3.05, 3.63) is 18.0 Å². The number of likely N-dealkylation sites (N-methyl/N-ethyl adjacent to an activating group) is 1. The quantitative estimate of drug-likeness (QED) is 0.715. The average molecular weight is 447 g/mol. The minimum atomic E-state index is -5.08. The Labute approximate surface area is 178 Å². The van der Waals surface area contributed by atoms with E-state index in [9.17, 15) is 22.8 Å². The summed E-state index contributed by atoms with van der Waals surface area (Å²) < 4.78 is 33.5. The van der Waals surface area contributed by atoms with Gasteiger partial charge in [0.25, 0.3) is 0 Å². The zero-order chi connectivity index (χ0) is 23.3. The summed E-state index contributed by atoms with van der Waals surface area (Å²) in [5.41, 5.74) is 0.808. The minimum absolute atomic E-state index is 0.128. The summed E-state index contributed by atoms with van der Waals surface area (Å²) in [7, 11) is 5.89. The SMILES string of the molecule is CN(C)CCN1C(=O)CC[C@@H]2[C@H]1CCN2C(=O)Cc1ccn(C)n1.O=C(O)C(F)(F)F. The van der Waals surface area contributed by atoms with Crippen molar-refractivity contribution in [2.24, 2.45) is 7.05 Å². The van der Waals surface area contributed by atoms with Gasteiger partial charge in [-0.05, 0) is 33.0 Å². The number of hydrogen-bond acceptors (Lipinski definition) is 5. The number of nitrogens with zero attached hydrogens (tertiary/aromatic N) is 5. The molecular formula is C19H28F3N5O4. The fourth-order valence-corrected chi connectivity index (χ4v) is 3.87. The minimum Gasteiger partial charge on any atom is -0.475 e. The van der Waals surface area contributed by atoms with Gasteiger partial charge in [0.05, 0.1) is 24.2 Å². The van der Waals surface area contributed by atoms with Crippen molar-refractivity contribution in [1.82, 2.24) is 24.5 Å². The molecule has 2 aliphatic rings. The van der Waals surface area contributed by atoms with E-state index in [1.807, 2.05) is 43.2 Å². The topological polar surface area (TPSA) is 99.0 Å². The second-order valence-corrected chi connectivity index (χ2v) is 7.90. The summed E-state index contributed by atoms with van der Waals surface area (Å²) in [6.07, 6.45) is -0.664. The molecule has 0 saturated carbocycles. The van der Waals surface area contributed by atoms with Gasteiger partial charge in [-0.3, -0.25) is 14.3 Å². The molecule has 2 fully saturated rings. The van der Waals surface area contributed by atoms with E-state index in [1.165, 1.54) is 0 Å². The zero-order valence-corrected chi connectivity index (χ0v) is 17.8. The number of carbonyl (C=O) groups is 3. The van der Waals surface area contributed by atoms with E-state index >= 15 is 0 Å². The maximum atomic E-state index is 12.7. The van der Waals surface area contributed by atoms with Crippen LogP contribution >= 0.6 is 0 Å². The van der Waals surface area contributed by atoms with Gasteiger partial charge in [-0.25, -0.2) is 4.79 Å². The Morgan fingerprint density at radius 2 is 1.90 bits per heavy atom. The molecule has 1 N–H and O–H groups in total. The highest BCUT2D eigenvalue weighted by Crippen LogP contribution is 2.31. The summed E-state index contributed by atoms with van der Waals surface area (Å²) in [6, 6.07) is 2.24. The molecule has 0 unspecified atom stereocenters. The molecule has 12 heteroatoms. The first-order chi connectivity index (χ1) is 14.4. The predicted molar refractivity (Wildman–Crippen MR) is 104 cm³/mol. The van der Waals surface area contributed by atoms with Gasteiger partial charge in [0, 0.05) is 39.3 Å².